The van der Waals surface area contributed by atoms with Crippen molar-refractivity contribution >= 4 is 16.7 Å². The van der Waals surface area contributed by atoms with Gasteiger partial charge in [-0.2, -0.15) is 0 Å². The van der Waals surface area contributed by atoms with Gasteiger partial charge in [0.1, 0.15) is 5.82 Å². The van der Waals surface area contributed by atoms with Crippen molar-refractivity contribution in [2.24, 2.45) is 7.05 Å². The van der Waals surface area contributed by atoms with E-state index >= 15 is 0 Å². The van der Waals surface area contributed by atoms with Crippen LogP contribution in [0.1, 0.15) is 23.7 Å². The first-order valence-electron chi connectivity index (χ1n) is 6.04. The Labute approximate surface area is 106 Å². The zero-order valence-electron chi connectivity index (χ0n) is 10.8. The molecule has 4 heteroatoms. The highest BCUT2D eigenvalue weighted by atomic mass is 19.1. The number of rotatable bonds is 4. The summed E-state index contributed by atoms with van der Waals surface area (Å²) in [5.41, 5.74) is 1.44. The standard InChI is InChI=1S/C14H17FN2O/c1-4-12(16-2)14(18)11-8-17(3)13-6-5-9(15)7-10(11)13/h5-8,12,16H,4H2,1-3H3. The van der Waals surface area contributed by atoms with Crippen LogP contribution in [0.5, 0.6) is 0 Å². The van der Waals surface area contributed by atoms with Crippen LogP contribution in [0.2, 0.25) is 0 Å². The van der Waals surface area contributed by atoms with Crippen molar-refractivity contribution in [2.45, 2.75) is 19.4 Å². The Bertz CT molecular complexity index is 585. The van der Waals surface area contributed by atoms with Crippen LogP contribution in [-0.4, -0.2) is 23.4 Å². The number of halogens is 1. The molecule has 1 aromatic heterocycles. The highest BCUT2D eigenvalue weighted by Gasteiger charge is 2.20. The Morgan fingerprint density at radius 2 is 2.22 bits per heavy atom. The normalized spacial score (nSPS) is 12.9. The lowest BCUT2D eigenvalue weighted by Gasteiger charge is -2.11. The second-order valence-electron chi connectivity index (χ2n) is 4.43. The Morgan fingerprint density at radius 3 is 2.83 bits per heavy atom. The molecule has 0 fully saturated rings. The van der Waals surface area contributed by atoms with E-state index in [9.17, 15) is 9.18 Å². The van der Waals surface area contributed by atoms with Crippen molar-refractivity contribution in [2.75, 3.05) is 7.05 Å². The second-order valence-corrected chi connectivity index (χ2v) is 4.43. The van der Waals surface area contributed by atoms with E-state index in [4.69, 9.17) is 0 Å². The molecule has 0 aliphatic rings. The molecular weight excluding hydrogens is 231 g/mol. The van der Waals surface area contributed by atoms with Gasteiger partial charge in [-0.3, -0.25) is 4.79 Å². The van der Waals surface area contributed by atoms with E-state index in [1.54, 1.807) is 19.3 Å². The summed E-state index contributed by atoms with van der Waals surface area (Å²) in [5, 5.41) is 3.66. The fourth-order valence-corrected chi connectivity index (χ4v) is 2.27. The Kier molecular flexibility index (Phi) is 3.48. The quantitative estimate of drug-likeness (QED) is 0.843. The van der Waals surface area contributed by atoms with Crippen molar-refractivity contribution in [3.8, 4) is 0 Å². The average molecular weight is 248 g/mol. The van der Waals surface area contributed by atoms with Crippen molar-refractivity contribution in [3.63, 3.8) is 0 Å². The van der Waals surface area contributed by atoms with Gasteiger partial charge in [0.15, 0.2) is 5.78 Å². The number of fused-ring (bicyclic) bond motifs is 1. The van der Waals surface area contributed by atoms with E-state index in [1.807, 2.05) is 18.5 Å². The number of hydrogen-bond acceptors (Lipinski definition) is 2. The lowest BCUT2D eigenvalue weighted by molar-refractivity contribution is 0.0946. The zero-order valence-corrected chi connectivity index (χ0v) is 10.8. The minimum atomic E-state index is -0.319. The van der Waals surface area contributed by atoms with Crippen LogP contribution in [0.15, 0.2) is 24.4 Å². The number of aryl methyl sites for hydroxylation is 1. The zero-order chi connectivity index (χ0) is 13.3. The topological polar surface area (TPSA) is 34.0 Å². The van der Waals surface area contributed by atoms with Crippen LogP contribution in [0, 0.1) is 5.82 Å². The van der Waals surface area contributed by atoms with Gasteiger partial charge < -0.3 is 9.88 Å². The third-order valence-corrected chi connectivity index (χ3v) is 3.29. The summed E-state index contributed by atoms with van der Waals surface area (Å²) in [4.78, 5) is 12.3. The monoisotopic (exact) mass is 248 g/mol. The summed E-state index contributed by atoms with van der Waals surface area (Å²) in [6.07, 6.45) is 2.48. The lowest BCUT2D eigenvalue weighted by atomic mass is 10.0. The van der Waals surface area contributed by atoms with Gasteiger partial charge in [-0.15, -0.1) is 0 Å². The number of nitrogens with zero attached hydrogens (tertiary/aromatic N) is 1. The molecule has 2 rings (SSSR count). The molecule has 1 N–H and O–H groups in total. The van der Waals surface area contributed by atoms with E-state index in [0.29, 0.717) is 17.4 Å². The molecule has 18 heavy (non-hydrogen) atoms. The predicted molar refractivity (Wildman–Crippen MR) is 70.3 cm³/mol. The first-order chi connectivity index (χ1) is 8.58. The predicted octanol–water partition coefficient (Wildman–Crippen LogP) is 2.50. The van der Waals surface area contributed by atoms with Crippen molar-refractivity contribution < 1.29 is 9.18 Å². The van der Waals surface area contributed by atoms with Crippen molar-refractivity contribution in [3.05, 3.63) is 35.8 Å². The maximum Gasteiger partial charge on any atom is 0.181 e. The van der Waals surface area contributed by atoms with Gasteiger partial charge in [0.25, 0.3) is 0 Å². The first kappa shape index (κ1) is 12.8. The Hall–Kier alpha value is -1.68. The lowest BCUT2D eigenvalue weighted by Crippen LogP contribution is -2.33. The number of likely N-dealkylation sites (N-methyl/N-ethyl adjacent to an activating group) is 1. The molecule has 1 heterocycles. The summed E-state index contributed by atoms with van der Waals surface area (Å²) in [7, 11) is 3.62. The SMILES string of the molecule is CCC(NC)C(=O)c1cn(C)c2ccc(F)cc12. The van der Waals surface area contributed by atoms with Crippen LogP contribution >= 0.6 is 0 Å². The fraction of sp³-hybridized carbons (Fsp3) is 0.357. The molecule has 0 aliphatic heterocycles. The van der Waals surface area contributed by atoms with E-state index in [2.05, 4.69) is 5.32 Å². The highest BCUT2D eigenvalue weighted by molar-refractivity contribution is 6.10. The highest BCUT2D eigenvalue weighted by Crippen LogP contribution is 2.23. The molecule has 1 aromatic carbocycles. The number of benzene rings is 1. The van der Waals surface area contributed by atoms with Gasteiger partial charge in [0, 0.05) is 29.7 Å². The second kappa shape index (κ2) is 4.90. The fourth-order valence-electron chi connectivity index (χ4n) is 2.27. The van der Waals surface area contributed by atoms with E-state index in [0.717, 1.165) is 5.52 Å². The molecule has 0 saturated heterocycles. The van der Waals surface area contributed by atoms with Gasteiger partial charge in [-0.25, -0.2) is 4.39 Å². The molecule has 1 unspecified atom stereocenters. The summed E-state index contributed by atoms with van der Waals surface area (Å²) >= 11 is 0. The van der Waals surface area contributed by atoms with Crippen LogP contribution in [0.4, 0.5) is 4.39 Å². The minimum absolute atomic E-state index is 0.0104. The summed E-state index contributed by atoms with van der Waals surface area (Å²) in [6.45, 7) is 1.95. The van der Waals surface area contributed by atoms with Crippen molar-refractivity contribution in [1.29, 1.82) is 0 Å². The van der Waals surface area contributed by atoms with Crippen LogP contribution in [0.3, 0.4) is 0 Å². The maximum atomic E-state index is 13.3. The molecule has 0 amide bonds. The van der Waals surface area contributed by atoms with Gasteiger partial charge in [0.05, 0.1) is 6.04 Å². The number of nitrogens with one attached hydrogen (secondary N) is 1. The Morgan fingerprint density at radius 1 is 1.50 bits per heavy atom. The largest absolute Gasteiger partial charge is 0.350 e. The number of ketones is 1. The summed E-state index contributed by atoms with van der Waals surface area (Å²) in [5.74, 6) is -0.309. The molecule has 96 valence electrons. The van der Waals surface area contributed by atoms with Gasteiger partial charge >= 0.3 is 0 Å². The van der Waals surface area contributed by atoms with Gasteiger partial charge in [-0.1, -0.05) is 6.92 Å². The van der Waals surface area contributed by atoms with E-state index in [-0.39, 0.29) is 17.6 Å². The molecule has 0 aliphatic carbocycles. The van der Waals surface area contributed by atoms with Crippen LogP contribution < -0.4 is 5.32 Å². The molecule has 2 aromatic rings. The average Bonchev–Trinajstić information content (AvgIpc) is 2.67. The molecule has 0 saturated carbocycles. The first-order valence-corrected chi connectivity index (χ1v) is 6.04. The molecule has 0 spiro atoms. The minimum Gasteiger partial charge on any atom is -0.350 e. The van der Waals surface area contributed by atoms with Crippen LogP contribution in [-0.2, 0) is 7.05 Å². The molecule has 0 radical (unpaired) electrons. The molecule has 3 nitrogen and oxygen atoms in total. The van der Waals surface area contributed by atoms with Gasteiger partial charge in [-0.05, 0) is 31.7 Å². The molecular formula is C14H17FN2O. The number of carbonyl (C=O) groups is 1. The summed E-state index contributed by atoms with van der Waals surface area (Å²) in [6, 6.07) is 4.30. The number of hydrogen-bond donors (Lipinski definition) is 1. The summed E-state index contributed by atoms with van der Waals surface area (Å²) < 4.78 is 15.2. The van der Waals surface area contributed by atoms with Crippen molar-refractivity contribution in [1.82, 2.24) is 9.88 Å². The number of aromatic nitrogens is 1. The molecule has 1 atom stereocenters. The van der Waals surface area contributed by atoms with Gasteiger partial charge in [0.2, 0.25) is 0 Å². The third-order valence-electron chi connectivity index (χ3n) is 3.29. The maximum absolute atomic E-state index is 13.3. The van der Waals surface area contributed by atoms with E-state index in [1.165, 1.54) is 12.1 Å². The van der Waals surface area contributed by atoms with Crippen LogP contribution in [0.25, 0.3) is 10.9 Å². The molecule has 0 bridgehead atoms. The number of Topliss-reactive ketones (excluding diaryl/α,β-unsaturated/α-hetero) is 1. The Balaban J connectivity index is 2.57. The smallest absolute Gasteiger partial charge is 0.181 e. The number of carbonyl (C=O) groups excluding carboxylic acids is 1. The van der Waals surface area contributed by atoms with E-state index < -0.39 is 0 Å². The third kappa shape index (κ3) is 2.04.